The number of amides is 1. The van der Waals surface area contributed by atoms with Crippen LogP contribution in [0.4, 0.5) is 0 Å². The van der Waals surface area contributed by atoms with Gasteiger partial charge in [0, 0.05) is 36.8 Å². The summed E-state index contributed by atoms with van der Waals surface area (Å²) in [4.78, 5) is 14.8. The summed E-state index contributed by atoms with van der Waals surface area (Å²) < 4.78 is 0. The molecule has 1 aliphatic rings. The molecular formula is C14H21N3OS. The number of thioether (sulfide) groups is 1. The zero-order chi connectivity index (χ0) is 13.7. The minimum atomic E-state index is -0.229. The number of hydrogen-bond donors (Lipinski definition) is 2. The van der Waals surface area contributed by atoms with E-state index < -0.39 is 0 Å². The van der Waals surface area contributed by atoms with Crippen LogP contribution in [-0.2, 0) is 4.79 Å². The average Bonchev–Trinajstić information content (AvgIpc) is 2.41. The molecular weight excluding hydrogens is 258 g/mol. The van der Waals surface area contributed by atoms with Gasteiger partial charge in [0.2, 0.25) is 5.91 Å². The molecule has 1 amide bonds. The van der Waals surface area contributed by atoms with Crippen LogP contribution in [0.15, 0.2) is 29.2 Å². The fourth-order valence-corrected chi connectivity index (χ4v) is 3.10. The van der Waals surface area contributed by atoms with E-state index in [2.05, 4.69) is 41.4 Å². The number of primary amides is 1. The Kier molecular flexibility index (Phi) is 5.24. The Hall–Kier alpha value is -1.04. The lowest BCUT2D eigenvalue weighted by molar-refractivity contribution is -0.123. The van der Waals surface area contributed by atoms with Crippen molar-refractivity contribution < 1.29 is 4.79 Å². The molecule has 0 spiro atoms. The Morgan fingerprint density at radius 2 is 2.21 bits per heavy atom. The zero-order valence-corrected chi connectivity index (χ0v) is 12.1. The van der Waals surface area contributed by atoms with Crippen LogP contribution >= 0.6 is 11.8 Å². The lowest BCUT2D eigenvalue weighted by Gasteiger charge is -2.33. The first kappa shape index (κ1) is 14.4. The van der Waals surface area contributed by atoms with Gasteiger partial charge >= 0.3 is 0 Å². The number of hydrogen-bond acceptors (Lipinski definition) is 4. The first-order valence-corrected chi connectivity index (χ1v) is 7.59. The maximum absolute atomic E-state index is 11.4. The van der Waals surface area contributed by atoms with E-state index in [1.807, 2.05) is 11.8 Å². The molecule has 0 aromatic heterocycles. The Balaban J connectivity index is 1.80. The van der Waals surface area contributed by atoms with Gasteiger partial charge < -0.3 is 11.1 Å². The Morgan fingerprint density at radius 3 is 2.89 bits per heavy atom. The molecule has 0 radical (unpaired) electrons. The molecule has 1 aliphatic heterocycles. The fourth-order valence-electron chi connectivity index (χ4n) is 2.21. The second-order valence-electron chi connectivity index (χ2n) is 4.82. The molecule has 3 N–H and O–H groups in total. The monoisotopic (exact) mass is 279 g/mol. The van der Waals surface area contributed by atoms with Crippen LogP contribution in [0.25, 0.3) is 0 Å². The van der Waals surface area contributed by atoms with Crippen molar-refractivity contribution in [3.63, 3.8) is 0 Å². The first-order chi connectivity index (χ1) is 9.16. The van der Waals surface area contributed by atoms with Gasteiger partial charge in [0.15, 0.2) is 0 Å². The predicted octanol–water partition coefficient (Wildman–Crippen LogP) is 0.846. The molecule has 104 valence electrons. The number of piperazine rings is 1. The van der Waals surface area contributed by atoms with E-state index in [-0.39, 0.29) is 11.9 Å². The molecule has 2 rings (SSSR count). The van der Waals surface area contributed by atoms with Crippen molar-refractivity contribution in [2.24, 2.45) is 5.73 Å². The normalized spacial score (nSPS) is 20.4. The van der Waals surface area contributed by atoms with Crippen molar-refractivity contribution in [3.8, 4) is 0 Å². The van der Waals surface area contributed by atoms with Gasteiger partial charge in [-0.25, -0.2) is 0 Å². The number of nitrogens with one attached hydrogen (secondary N) is 1. The van der Waals surface area contributed by atoms with Crippen LogP contribution in [0.1, 0.15) is 5.56 Å². The number of benzene rings is 1. The average molecular weight is 279 g/mol. The van der Waals surface area contributed by atoms with E-state index >= 15 is 0 Å². The van der Waals surface area contributed by atoms with E-state index in [1.165, 1.54) is 10.5 Å². The lowest BCUT2D eigenvalue weighted by Crippen LogP contribution is -2.57. The van der Waals surface area contributed by atoms with Crippen molar-refractivity contribution in [2.45, 2.75) is 17.9 Å². The molecule has 1 fully saturated rings. The summed E-state index contributed by atoms with van der Waals surface area (Å²) in [6.45, 7) is 5.48. The molecule has 1 aromatic carbocycles. The van der Waals surface area contributed by atoms with Crippen molar-refractivity contribution in [2.75, 3.05) is 31.9 Å². The minimum Gasteiger partial charge on any atom is -0.368 e. The van der Waals surface area contributed by atoms with Crippen LogP contribution in [0.2, 0.25) is 0 Å². The molecule has 19 heavy (non-hydrogen) atoms. The molecule has 0 saturated carbocycles. The van der Waals surface area contributed by atoms with Gasteiger partial charge in [-0.15, -0.1) is 11.8 Å². The molecule has 1 unspecified atom stereocenters. The third kappa shape index (κ3) is 4.23. The summed E-state index contributed by atoms with van der Waals surface area (Å²) in [6.07, 6.45) is 0. The van der Waals surface area contributed by atoms with E-state index in [4.69, 9.17) is 5.73 Å². The standard InChI is InChI=1S/C14H21N3OS/c1-11-2-4-12(5-3-11)19-9-8-17-7-6-16-10-13(17)14(15)18/h2-5,13,16H,6-10H2,1H3,(H2,15,18). The number of rotatable bonds is 5. The highest BCUT2D eigenvalue weighted by atomic mass is 32.2. The quantitative estimate of drug-likeness (QED) is 0.785. The Bertz CT molecular complexity index is 421. The predicted molar refractivity (Wildman–Crippen MR) is 79.3 cm³/mol. The van der Waals surface area contributed by atoms with E-state index in [9.17, 15) is 4.79 Å². The summed E-state index contributed by atoms with van der Waals surface area (Å²) in [7, 11) is 0. The first-order valence-electron chi connectivity index (χ1n) is 6.60. The number of nitrogens with two attached hydrogens (primary N) is 1. The summed E-state index contributed by atoms with van der Waals surface area (Å²) in [5, 5.41) is 3.21. The van der Waals surface area contributed by atoms with Gasteiger partial charge in [0.05, 0.1) is 0 Å². The highest BCUT2D eigenvalue weighted by Gasteiger charge is 2.25. The molecule has 0 aliphatic carbocycles. The zero-order valence-electron chi connectivity index (χ0n) is 11.3. The topological polar surface area (TPSA) is 58.4 Å². The summed E-state index contributed by atoms with van der Waals surface area (Å²) in [5.74, 6) is 0.750. The number of aryl methyl sites for hydroxylation is 1. The number of carbonyl (C=O) groups is 1. The van der Waals surface area contributed by atoms with E-state index in [1.54, 1.807) is 0 Å². The van der Waals surface area contributed by atoms with E-state index in [0.717, 1.165) is 25.4 Å². The van der Waals surface area contributed by atoms with E-state index in [0.29, 0.717) is 6.54 Å². The summed E-state index contributed by atoms with van der Waals surface area (Å²) in [5.41, 5.74) is 6.71. The molecule has 1 aromatic rings. The second-order valence-corrected chi connectivity index (χ2v) is 5.99. The van der Waals surface area contributed by atoms with Crippen LogP contribution in [0.3, 0.4) is 0 Å². The van der Waals surface area contributed by atoms with Crippen molar-refractivity contribution in [1.29, 1.82) is 0 Å². The second kappa shape index (κ2) is 6.93. The maximum atomic E-state index is 11.4. The summed E-state index contributed by atoms with van der Waals surface area (Å²) >= 11 is 1.82. The van der Waals surface area contributed by atoms with Gasteiger partial charge in [-0.1, -0.05) is 17.7 Å². The highest BCUT2D eigenvalue weighted by molar-refractivity contribution is 7.99. The van der Waals surface area contributed by atoms with Crippen LogP contribution in [-0.4, -0.2) is 48.8 Å². The largest absolute Gasteiger partial charge is 0.368 e. The van der Waals surface area contributed by atoms with Gasteiger partial charge in [0.1, 0.15) is 6.04 Å². The molecule has 5 heteroatoms. The van der Waals surface area contributed by atoms with Gasteiger partial charge in [0.25, 0.3) is 0 Å². The SMILES string of the molecule is Cc1ccc(SCCN2CCNCC2C(N)=O)cc1. The summed E-state index contributed by atoms with van der Waals surface area (Å²) in [6, 6.07) is 8.37. The molecule has 1 heterocycles. The highest BCUT2D eigenvalue weighted by Crippen LogP contribution is 2.18. The van der Waals surface area contributed by atoms with Crippen LogP contribution in [0.5, 0.6) is 0 Å². The van der Waals surface area contributed by atoms with Crippen molar-refractivity contribution >= 4 is 17.7 Å². The van der Waals surface area contributed by atoms with Crippen LogP contribution < -0.4 is 11.1 Å². The number of nitrogens with zero attached hydrogens (tertiary/aromatic N) is 1. The van der Waals surface area contributed by atoms with Crippen molar-refractivity contribution in [1.82, 2.24) is 10.2 Å². The maximum Gasteiger partial charge on any atom is 0.236 e. The van der Waals surface area contributed by atoms with Gasteiger partial charge in [-0.2, -0.15) is 0 Å². The Morgan fingerprint density at radius 1 is 1.47 bits per heavy atom. The number of carbonyl (C=O) groups excluding carboxylic acids is 1. The molecule has 1 saturated heterocycles. The van der Waals surface area contributed by atoms with Crippen molar-refractivity contribution in [3.05, 3.63) is 29.8 Å². The third-order valence-electron chi connectivity index (χ3n) is 3.35. The lowest BCUT2D eigenvalue weighted by atomic mass is 10.2. The molecule has 0 bridgehead atoms. The molecule has 4 nitrogen and oxygen atoms in total. The fraction of sp³-hybridized carbons (Fsp3) is 0.500. The third-order valence-corrected chi connectivity index (χ3v) is 4.34. The molecule has 1 atom stereocenters. The van der Waals surface area contributed by atoms with Gasteiger partial charge in [-0.05, 0) is 19.1 Å². The van der Waals surface area contributed by atoms with Crippen LogP contribution in [0, 0.1) is 6.92 Å². The smallest absolute Gasteiger partial charge is 0.236 e. The van der Waals surface area contributed by atoms with Gasteiger partial charge in [-0.3, -0.25) is 9.69 Å². The Labute approximate surface area is 118 Å². The minimum absolute atomic E-state index is 0.160.